The Morgan fingerprint density at radius 3 is 2.44 bits per heavy atom. The third-order valence-corrected chi connectivity index (χ3v) is 2.61. The van der Waals surface area contributed by atoms with Crippen molar-refractivity contribution in [2.45, 2.75) is 20.8 Å². The van der Waals surface area contributed by atoms with Gasteiger partial charge in [-0.1, -0.05) is 0 Å². The summed E-state index contributed by atoms with van der Waals surface area (Å²) in [6.45, 7) is 5.82. The summed E-state index contributed by atoms with van der Waals surface area (Å²) in [5, 5.41) is 0. The van der Waals surface area contributed by atoms with Crippen LogP contribution in [-0.2, 0) is 0 Å². The van der Waals surface area contributed by atoms with Crippen LogP contribution in [0.5, 0.6) is 0 Å². The van der Waals surface area contributed by atoms with Crippen LogP contribution in [0.15, 0.2) is 18.5 Å². The molecule has 4 heteroatoms. The van der Waals surface area contributed by atoms with Gasteiger partial charge in [0.05, 0.1) is 11.4 Å². The lowest BCUT2D eigenvalue weighted by Gasteiger charge is -2.09. The molecule has 0 spiro atoms. The zero-order valence-electron chi connectivity index (χ0n) is 9.65. The molecule has 0 saturated carbocycles. The number of aromatic nitrogens is 3. The first kappa shape index (κ1) is 10.5. The molecule has 2 N–H and O–H groups in total. The van der Waals surface area contributed by atoms with Crippen molar-refractivity contribution in [1.82, 2.24) is 15.0 Å². The molecule has 0 aliphatic heterocycles. The number of hydrogen-bond acceptors (Lipinski definition) is 4. The van der Waals surface area contributed by atoms with E-state index in [0.29, 0.717) is 5.82 Å². The second kappa shape index (κ2) is 3.89. The number of aryl methyl sites for hydroxylation is 3. The second-order valence-corrected chi connectivity index (χ2v) is 3.82. The van der Waals surface area contributed by atoms with Gasteiger partial charge in [-0.05, 0) is 32.4 Å². The van der Waals surface area contributed by atoms with E-state index in [1.54, 1.807) is 12.4 Å². The lowest BCUT2D eigenvalue weighted by atomic mass is 10.1. The van der Waals surface area contributed by atoms with Crippen LogP contribution >= 0.6 is 0 Å². The second-order valence-electron chi connectivity index (χ2n) is 3.82. The highest BCUT2D eigenvalue weighted by atomic mass is 14.9. The van der Waals surface area contributed by atoms with E-state index in [9.17, 15) is 0 Å². The first-order valence-electron chi connectivity index (χ1n) is 5.11. The molecule has 2 aromatic rings. The molecular weight excluding hydrogens is 200 g/mol. The number of hydrogen-bond donors (Lipinski definition) is 1. The average molecular weight is 214 g/mol. The number of pyridine rings is 1. The number of nitrogens with two attached hydrogens (primary N) is 1. The molecular formula is C12H14N4. The monoisotopic (exact) mass is 214 g/mol. The van der Waals surface area contributed by atoms with Crippen LogP contribution in [0.25, 0.3) is 11.3 Å². The van der Waals surface area contributed by atoms with Gasteiger partial charge >= 0.3 is 0 Å². The van der Waals surface area contributed by atoms with Crippen LogP contribution < -0.4 is 5.73 Å². The van der Waals surface area contributed by atoms with Gasteiger partial charge in [-0.2, -0.15) is 0 Å². The lowest BCUT2D eigenvalue weighted by Crippen LogP contribution is -2.03. The predicted molar refractivity (Wildman–Crippen MR) is 63.9 cm³/mol. The molecule has 0 bridgehead atoms. The van der Waals surface area contributed by atoms with Crippen molar-refractivity contribution in [3.63, 3.8) is 0 Å². The first-order valence-corrected chi connectivity index (χ1v) is 5.11. The Morgan fingerprint density at radius 2 is 1.75 bits per heavy atom. The van der Waals surface area contributed by atoms with Crippen molar-refractivity contribution < 1.29 is 0 Å². The van der Waals surface area contributed by atoms with Crippen molar-refractivity contribution in [3.05, 3.63) is 35.4 Å². The van der Waals surface area contributed by atoms with Crippen LogP contribution in [-0.4, -0.2) is 15.0 Å². The number of nitrogens with zero attached hydrogens (tertiary/aromatic N) is 3. The van der Waals surface area contributed by atoms with E-state index in [0.717, 1.165) is 28.2 Å². The maximum absolute atomic E-state index is 5.90. The van der Waals surface area contributed by atoms with E-state index >= 15 is 0 Å². The van der Waals surface area contributed by atoms with E-state index in [-0.39, 0.29) is 0 Å². The van der Waals surface area contributed by atoms with Gasteiger partial charge in [-0.15, -0.1) is 0 Å². The van der Waals surface area contributed by atoms with Crippen molar-refractivity contribution in [1.29, 1.82) is 0 Å². The van der Waals surface area contributed by atoms with Crippen LogP contribution in [0, 0.1) is 20.8 Å². The minimum Gasteiger partial charge on any atom is -0.382 e. The summed E-state index contributed by atoms with van der Waals surface area (Å²) >= 11 is 0. The normalized spacial score (nSPS) is 10.4. The Bertz CT molecular complexity index is 535. The molecule has 0 aliphatic rings. The maximum atomic E-state index is 5.90. The molecule has 0 aromatic carbocycles. The van der Waals surface area contributed by atoms with Crippen molar-refractivity contribution >= 4 is 5.82 Å². The molecule has 0 unspecified atom stereocenters. The predicted octanol–water partition coefficient (Wildman–Crippen LogP) is 2.05. The minimum atomic E-state index is 0.470. The van der Waals surface area contributed by atoms with E-state index < -0.39 is 0 Å². The molecule has 0 saturated heterocycles. The molecule has 2 aromatic heterocycles. The Morgan fingerprint density at radius 1 is 1.06 bits per heavy atom. The van der Waals surface area contributed by atoms with Gasteiger partial charge in [0.1, 0.15) is 11.5 Å². The van der Waals surface area contributed by atoms with Gasteiger partial charge in [0.25, 0.3) is 0 Å². The quantitative estimate of drug-likeness (QED) is 0.789. The molecule has 0 fully saturated rings. The van der Waals surface area contributed by atoms with Gasteiger partial charge in [0, 0.05) is 18.0 Å². The summed E-state index contributed by atoms with van der Waals surface area (Å²) < 4.78 is 0. The third-order valence-electron chi connectivity index (χ3n) is 2.61. The van der Waals surface area contributed by atoms with Crippen LogP contribution in [0.3, 0.4) is 0 Å². The highest BCUT2D eigenvalue weighted by molar-refractivity contribution is 5.72. The van der Waals surface area contributed by atoms with E-state index in [1.165, 1.54) is 0 Å². The zero-order chi connectivity index (χ0) is 11.7. The highest BCUT2D eigenvalue weighted by Crippen LogP contribution is 2.25. The Hall–Kier alpha value is -1.97. The summed E-state index contributed by atoms with van der Waals surface area (Å²) in [4.78, 5) is 12.8. The summed E-state index contributed by atoms with van der Waals surface area (Å²) in [5.41, 5.74) is 10.4. The fraction of sp³-hybridized carbons (Fsp3) is 0.250. The van der Waals surface area contributed by atoms with Gasteiger partial charge in [-0.3, -0.25) is 4.98 Å². The largest absolute Gasteiger partial charge is 0.382 e. The minimum absolute atomic E-state index is 0.470. The van der Waals surface area contributed by atoms with E-state index in [4.69, 9.17) is 5.73 Å². The number of rotatable bonds is 1. The number of anilines is 1. The van der Waals surface area contributed by atoms with Crippen molar-refractivity contribution in [2.75, 3.05) is 5.73 Å². The Balaban J connectivity index is 2.65. The van der Waals surface area contributed by atoms with Gasteiger partial charge in [0.2, 0.25) is 0 Å². The van der Waals surface area contributed by atoms with Crippen LogP contribution in [0.1, 0.15) is 17.0 Å². The molecule has 4 nitrogen and oxygen atoms in total. The molecule has 0 amide bonds. The smallest absolute Gasteiger partial charge is 0.150 e. The molecule has 0 atom stereocenters. The van der Waals surface area contributed by atoms with Crippen molar-refractivity contribution in [2.24, 2.45) is 0 Å². The van der Waals surface area contributed by atoms with Crippen molar-refractivity contribution in [3.8, 4) is 11.3 Å². The molecule has 2 heterocycles. The van der Waals surface area contributed by atoms with E-state index in [1.807, 2.05) is 26.8 Å². The average Bonchev–Trinajstić information content (AvgIpc) is 2.25. The molecule has 0 radical (unpaired) electrons. The van der Waals surface area contributed by atoms with Gasteiger partial charge in [0.15, 0.2) is 0 Å². The van der Waals surface area contributed by atoms with E-state index in [2.05, 4.69) is 15.0 Å². The first-order chi connectivity index (χ1) is 7.59. The zero-order valence-corrected chi connectivity index (χ0v) is 9.65. The molecule has 0 aliphatic carbocycles. The highest BCUT2D eigenvalue weighted by Gasteiger charge is 2.10. The van der Waals surface area contributed by atoms with Gasteiger partial charge < -0.3 is 5.73 Å². The molecule has 82 valence electrons. The third kappa shape index (κ3) is 1.74. The Labute approximate surface area is 94.6 Å². The summed E-state index contributed by atoms with van der Waals surface area (Å²) in [7, 11) is 0. The van der Waals surface area contributed by atoms with Crippen LogP contribution in [0.2, 0.25) is 0 Å². The molecule has 2 rings (SSSR count). The summed E-state index contributed by atoms with van der Waals surface area (Å²) in [5.74, 6) is 0.470. The topological polar surface area (TPSA) is 64.7 Å². The Kier molecular flexibility index (Phi) is 2.56. The van der Waals surface area contributed by atoms with Crippen LogP contribution in [0.4, 0.5) is 5.82 Å². The lowest BCUT2D eigenvalue weighted by molar-refractivity contribution is 1.06. The summed E-state index contributed by atoms with van der Waals surface area (Å²) in [6.07, 6.45) is 3.53. The standard InChI is InChI=1S/C12H14N4/c1-7-6-14-5-4-10(7)11-12(13)16-9(3)8(2)15-11/h4-6H,1-3H3,(H2,13,16). The fourth-order valence-electron chi connectivity index (χ4n) is 1.56. The number of nitrogen functional groups attached to an aromatic ring is 1. The maximum Gasteiger partial charge on any atom is 0.150 e. The van der Waals surface area contributed by atoms with Gasteiger partial charge in [-0.25, -0.2) is 9.97 Å². The fourth-order valence-corrected chi connectivity index (χ4v) is 1.56. The molecule has 16 heavy (non-hydrogen) atoms. The SMILES string of the molecule is Cc1cnccc1-c1nc(C)c(C)nc1N. The summed E-state index contributed by atoms with van der Waals surface area (Å²) in [6, 6.07) is 1.91.